The van der Waals surface area contributed by atoms with E-state index in [4.69, 9.17) is 0 Å². The van der Waals surface area contributed by atoms with E-state index in [1.165, 1.54) is 11.1 Å². The van der Waals surface area contributed by atoms with Crippen molar-refractivity contribution < 1.29 is 9.59 Å². The van der Waals surface area contributed by atoms with Crippen molar-refractivity contribution in [3.8, 4) is 11.1 Å². The van der Waals surface area contributed by atoms with Crippen LogP contribution in [-0.4, -0.2) is 53.8 Å². The molecule has 0 aliphatic carbocycles. The number of carbonyl (C=O) groups excluding carboxylic acids is 2. The molecule has 1 fully saturated rings. The van der Waals surface area contributed by atoms with Crippen molar-refractivity contribution in [1.29, 1.82) is 0 Å². The number of hydrogen-bond donors (Lipinski definition) is 1. The molecule has 0 spiro atoms. The second-order valence-electron chi connectivity index (χ2n) is 11.8. The first-order valence-corrected chi connectivity index (χ1v) is 15.6. The van der Waals surface area contributed by atoms with Crippen LogP contribution in [0.15, 0.2) is 133 Å². The zero-order chi connectivity index (χ0) is 30.6. The van der Waals surface area contributed by atoms with E-state index in [9.17, 15) is 9.59 Å². The average molecular weight is 593 g/mol. The molecule has 0 bridgehead atoms. The van der Waals surface area contributed by atoms with Gasteiger partial charge in [0.25, 0.3) is 11.8 Å². The molecular formula is C39H36N4O2. The van der Waals surface area contributed by atoms with E-state index in [0.717, 1.165) is 49.5 Å². The Hall–Kier alpha value is -5.04. The standard InChI is InChI=1S/C39H36N4O2/c44-38(36-17-9-8-16-35(36)30-13-5-2-6-14-30)40-33-21-19-31(20-22-33)39(45)43-28-34-27-41(25-29-11-3-1-4-12-29)23-24-42(34)26-32-15-7-10-18-37(32)43/h1-22,34H,23-28H2,(H,40,44). The third kappa shape index (κ3) is 6.29. The molecule has 45 heavy (non-hydrogen) atoms. The second-order valence-corrected chi connectivity index (χ2v) is 11.8. The van der Waals surface area contributed by atoms with Gasteiger partial charge in [-0.3, -0.25) is 19.4 Å². The number of hydrogen-bond acceptors (Lipinski definition) is 4. The number of amides is 2. The highest BCUT2D eigenvalue weighted by atomic mass is 16.2. The first-order valence-electron chi connectivity index (χ1n) is 15.6. The number of fused-ring (bicyclic) bond motifs is 2. The van der Waals surface area contributed by atoms with E-state index in [1.54, 1.807) is 0 Å². The van der Waals surface area contributed by atoms with E-state index in [1.807, 2.05) is 89.8 Å². The number of nitrogens with zero attached hydrogens (tertiary/aromatic N) is 3. The number of nitrogens with one attached hydrogen (secondary N) is 1. The Morgan fingerprint density at radius 3 is 2.18 bits per heavy atom. The number of anilines is 2. The summed E-state index contributed by atoms with van der Waals surface area (Å²) in [7, 11) is 0. The lowest BCUT2D eigenvalue weighted by atomic mass is 9.99. The van der Waals surface area contributed by atoms with Crippen molar-refractivity contribution in [2.24, 2.45) is 0 Å². The quantitative estimate of drug-likeness (QED) is 0.232. The lowest BCUT2D eigenvalue weighted by Gasteiger charge is -2.41. The zero-order valence-electron chi connectivity index (χ0n) is 25.2. The summed E-state index contributed by atoms with van der Waals surface area (Å²) in [5.74, 6) is -0.218. The number of para-hydroxylation sites is 1. The first-order chi connectivity index (χ1) is 22.1. The minimum atomic E-state index is -0.188. The Balaban J connectivity index is 1.09. The molecule has 7 rings (SSSR count). The minimum Gasteiger partial charge on any atom is -0.322 e. The highest BCUT2D eigenvalue weighted by Gasteiger charge is 2.34. The molecule has 1 unspecified atom stereocenters. The van der Waals surface area contributed by atoms with Gasteiger partial charge in [0.1, 0.15) is 0 Å². The number of piperazine rings is 1. The molecule has 0 saturated carbocycles. The molecule has 0 radical (unpaired) electrons. The van der Waals surface area contributed by atoms with E-state index in [-0.39, 0.29) is 17.9 Å². The van der Waals surface area contributed by atoms with Crippen molar-refractivity contribution in [2.75, 3.05) is 36.4 Å². The summed E-state index contributed by atoms with van der Waals surface area (Å²) in [6, 6.07) is 43.8. The van der Waals surface area contributed by atoms with Gasteiger partial charge in [-0.2, -0.15) is 0 Å². The van der Waals surface area contributed by atoms with Crippen molar-refractivity contribution in [2.45, 2.75) is 19.1 Å². The highest BCUT2D eigenvalue weighted by Crippen LogP contribution is 2.31. The molecule has 2 aliphatic heterocycles. The Labute approximate surface area is 264 Å². The summed E-state index contributed by atoms with van der Waals surface area (Å²) >= 11 is 0. The average Bonchev–Trinajstić information content (AvgIpc) is 3.26. The molecule has 1 atom stereocenters. The lowest BCUT2D eigenvalue weighted by Crippen LogP contribution is -2.55. The number of benzene rings is 5. The van der Waals surface area contributed by atoms with Gasteiger partial charge in [0, 0.05) is 67.8 Å². The number of carbonyl (C=O) groups is 2. The topological polar surface area (TPSA) is 55.9 Å². The molecule has 2 aliphatic rings. The van der Waals surface area contributed by atoms with Crippen LogP contribution < -0.4 is 10.2 Å². The Kier molecular flexibility index (Phi) is 8.23. The summed E-state index contributed by atoms with van der Waals surface area (Å²) in [4.78, 5) is 34.4. The van der Waals surface area contributed by atoms with E-state index >= 15 is 0 Å². The summed E-state index contributed by atoms with van der Waals surface area (Å²) in [6.45, 7) is 5.24. The van der Waals surface area contributed by atoms with Crippen LogP contribution in [0.2, 0.25) is 0 Å². The van der Waals surface area contributed by atoms with Crippen LogP contribution in [-0.2, 0) is 13.1 Å². The third-order valence-electron chi connectivity index (χ3n) is 8.88. The van der Waals surface area contributed by atoms with E-state index in [0.29, 0.717) is 23.4 Å². The van der Waals surface area contributed by atoms with Crippen LogP contribution in [0.25, 0.3) is 11.1 Å². The molecule has 2 amide bonds. The fourth-order valence-electron chi connectivity index (χ4n) is 6.55. The molecule has 5 aromatic carbocycles. The smallest absolute Gasteiger partial charge is 0.258 e. The van der Waals surface area contributed by atoms with Gasteiger partial charge in [0.05, 0.1) is 0 Å². The Morgan fingerprint density at radius 1 is 0.689 bits per heavy atom. The lowest BCUT2D eigenvalue weighted by molar-refractivity contribution is 0.0682. The van der Waals surface area contributed by atoms with Gasteiger partial charge < -0.3 is 10.2 Å². The van der Waals surface area contributed by atoms with Crippen LogP contribution in [0.1, 0.15) is 31.8 Å². The van der Waals surface area contributed by atoms with Gasteiger partial charge >= 0.3 is 0 Å². The van der Waals surface area contributed by atoms with Crippen LogP contribution in [0.5, 0.6) is 0 Å². The second kappa shape index (κ2) is 12.9. The maximum atomic E-state index is 14.1. The maximum absolute atomic E-state index is 14.1. The molecular weight excluding hydrogens is 556 g/mol. The monoisotopic (exact) mass is 592 g/mol. The number of rotatable bonds is 6. The molecule has 6 nitrogen and oxygen atoms in total. The Bertz CT molecular complexity index is 1790. The fourth-order valence-corrected chi connectivity index (χ4v) is 6.55. The highest BCUT2D eigenvalue weighted by molar-refractivity contribution is 6.10. The fraction of sp³-hybridized carbons (Fsp3) is 0.179. The van der Waals surface area contributed by atoms with Crippen molar-refractivity contribution >= 4 is 23.2 Å². The molecule has 224 valence electrons. The SMILES string of the molecule is O=C(Nc1ccc(C(=O)N2CC3CN(Cc4ccccc4)CCN3Cc3ccccc32)cc1)c1ccccc1-c1ccccc1. The predicted molar refractivity (Wildman–Crippen MR) is 180 cm³/mol. The van der Waals surface area contributed by atoms with Gasteiger partial charge in [-0.25, -0.2) is 0 Å². The molecule has 1 N–H and O–H groups in total. The largest absolute Gasteiger partial charge is 0.322 e. The normalized spacial score (nSPS) is 16.7. The van der Waals surface area contributed by atoms with Gasteiger partial charge in [-0.05, 0) is 58.7 Å². The van der Waals surface area contributed by atoms with Crippen LogP contribution in [0, 0.1) is 0 Å². The van der Waals surface area contributed by atoms with Gasteiger partial charge in [-0.1, -0.05) is 97.1 Å². The maximum Gasteiger partial charge on any atom is 0.258 e. The van der Waals surface area contributed by atoms with Crippen LogP contribution in [0.3, 0.4) is 0 Å². The van der Waals surface area contributed by atoms with E-state index < -0.39 is 0 Å². The molecule has 1 saturated heterocycles. The summed E-state index contributed by atoms with van der Waals surface area (Å²) in [6.07, 6.45) is 0. The molecule has 5 aromatic rings. The Morgan fingerprint density at radius 2 is 1.38 bits per heavy atom. The van der Waals surface area contributed by atoms with Crippen LogP contribution in [0.4, 0.5) is 11.4 Å². The van der Waals surface area contributed by atoms with E-state index in [2.05, 4.69) is 63.6 Å². The van der Waals surface area contributed by atoms with Crippen molar-refractivity contribution in [1.82, 2.24) is 9.80 Å². The van der Waals surface area contributed by atoms with Gasteiger partial charge in [-0.15, -0.1) is 0 Å². The van der Waals surface area contributed by atoms with Gasteiger partial charge in [0.2, 0.25) is 0 Å². The third-order valence-corrected chi connectivity index (χ3v) is 8.88. The first kappa shape index (κ1) is 28.7. The zero-order valence-corrected chi connectivity index (χ0v) is 25.2. The predicted octanol–water partition coefficient (Wildman–Crippen LogP) is 6.95. The summed E-state index contributed by atoms with van der Waals surface area (Å²) in [5, 5.41) is 3.03. The van der Waals surface area contributed by atoms with Crippen molar-refractivity contribution in [3.05, 3.63) is 156 Å². The molecule has 6 heteroatoms. The summed E-state index contributed by atoms with van der Waals surface area (Å²) < 4.78 is 0. The van der Waals surface area contributed by atoms with Crippen LogP contribution >= 0.6 is 0 Å². The molecule has 2 heterocycles. The molecule has 0 aromatic heterocycles. The van der Waals surface area contributed by atoms with Crippen molar-refractivity contribution in [3.63, 3.8) is 0 Å². The summed E-state index contributed by atoms with van der Waals surface area (Å²) in [5.41, 5.74) is 7.16. The van der Waals surface area contributed by atoms with Gasteiger partial charge in [0.15, 0.2) is 0 Å². The minimum absolute atomic E-state index is 0.0308.